The Hall–Kier alpha value is -2.18. The van der Waals surface area contributed by atoms with E-state index in [4.69, 9.17) is 5.21 Å². The predicted octanol–water partition coefficient (Wildman–Crippen LogP) is 2.40. The Balaban J connectivity index is 1.27. The van der Waals surface area contributed by atoms with Gasteiger partial charge in [-0.2, -0.15) is 0 Å². The Bertz CT molecular complexity index is 757. The highest BCUT2D eigenvalue weighted by molar-refractivity contribution is 5.90. The number of amides is 2. The van der Waals surface area contributed by atoms with Crippen molar-refractivity contribution in [3.63, 3.8) is 0 Å². The molecule has 0 saturated heterocycles. The standard InChI is InChI=1S/C22H28N2O4/c25-20(24-28)6-5-14-1-3-15(4-2-14)13-23-21(26)9-19-17-7-16-8-18(19)12-22(27,10-16)11-17/h1-6,16-19,27-28H,7-13H2,(H,23,26)(H,24,25)/b6-5+. The fraction of sp³-hybridized carbons (Fsp3) is 0.545. The number of carbonyl (C=O) groups is 2. The van der Waals surface area contributed by atoms with Crippen molar-refractivity contribution in [2.45, 2.75) is 50.7 Å². The first-order chi connectivity index (χ1) is 13.4. The largest absolute Gasteiger partial charge is 0.390 e. The Labute approximate surface area is 165 Å². The Morgan fingerprint density at radius 2 is 1.79 bits per heavy atom. The lowest BCUT2D eigenvalue weighted by molar-refractivity contribution is -0.157. The molecule has 6 heteroatoms. The van der Waals surface area contributed by atoms with Crippen LogP contribution in [0.2, 0.25) is 0 Å². The van der Waals surface area contributed by atoms with Crippen LogP contribution >= 0.6 is 0 Å². The monoisotopic (exact) mass is 384 g/mol. The lowest BCUT2D eigenvalue weighted by Crippen LogP contribution is -2.55. The van der Waals surface area contributed by atoms with Gasteiger partial charge in [-0.15, -0.1) is 0 Å². The molecule has 28 heavy (non-hydrogen) atoms. The molecule has 0 aromatic heterocycles. The molecular formula is C22H28N2O4. The zero-order valence-corrected chi connectivity index (χ0v) is 15.9. The number of nitrogens with one attached hydrogen (secondary N) is 2. The van der Waals surface area contributed by atoms with E-state index in [-0.39, 0.29) is 5.91 Å². The van der Waals surface area contributed by atoms with Gasteiger partial charge >= 0.3 is 0 Å². The van der Waals surface area contributed by atoms with Crippen molar-refractivity contribution in [1.82, 2.24) is 10.8 Å². The van der Waals surface area contributed by atoms with Crippen LogP contribution in [0.4, 0.5) is 0 Å². The topological polar surface area (TPSA) is 98.7 Å². The maximum Gasteiger partial charge on any atom is 0.267 e. The molecule has 4 bridgehead atoms. The van der Waals surface area contributed by atoms with E-state index in [1.165, 1.54) is 18.9 Å². The van der Waals surface area contributed by atoms with Crippen LogP contribution in [-0.4, -0.2) is 27.7 Å². The van der Waals surface area contributed by atoms with E-state index in [1.807, 2.05) is 24.3 Å². The van der Waals surface area contributed by atoms with E-state index in [0.29, 0.717) is 36.6 Å². The van der Waals surface area contributed by atoms with E-state index >= 15 is 0 Å². The lowest BCUT2D eigenvalue weighted by atomic mass is 9.49. The van der Waals surface area contributed by atoms with E-state index in [1.54, 1.807) is 11.6 Å². The van der Waals surface area contributed by atoms with Crippen molar-refractivity contribution in [1.29, 1.82) is 0 Å². The van der Waals surface area contributed by atoms with Crippen molar-refractivity contribution in [2.24, 2.45) is 23.7 Å². The van der Waals surface area contributed by atoms with Crippen molar-refractivity contribution < 1.29 is 19.9 Å². The summed E-state index contributed by atoms with van der Waals surface area (Å²) in [6, 6.07) is 7.55. The SMILES string of the molecule is O=C(/C=C/c1ccc(CNC(=O)CC2C3CC4CC2CC(O)(C4)C3)cc1)NO. The summed E-state index contributed by atoms with van der Waals surface area (Å²) in [5.74, 6) is 1.61. The summed E-state index contributed by atoms with van der Waals surface area (Å²) in [5.41, 5.74) is 2.93. The highest BCUT2D eigenvalue weighted by Gasteiger charge is 2.54. The molecule has 4 aliphatic carbocycles. The number of hydrogen-bond acceptors (Lipinski definition) is 4. The molecule has 2 unspecified atom stereocenters. The van der Waals surface area contributed by atoms with Gasteiger partial charge in [0.25, 0.3) is 5.91 Å². The van der Waals surface area contributed by atoms with Crippen LogP contribution in [-0.2, 0) is 16.1 Å². The highest BCUT2D eigenvalue weighted by atomic mass is 16.5. The van der Waals surface area contributed by atoms with Crippen LogP contribution in [0, 0.1) is 23.7 Å². The number of rotatable bonds is 6. The fourth-order valence-corrected chi connectivity index (χ4v) is 5.86. The van der Waals surface area contributed by atoms with Crippen LogP contribution in [0.15, 0.2) is 30.3 Å². The third-order valence-electron chi connectivity index (χ3n) is 6.86. The summed E-state index contributed by atoms with van der Waals surface area (Å²) in [5, 5.41) is 22.2. The van der Waals surface area contributed by atoms with Gasteiger partial charge in [-0.1, -0.05) is 24.3 Å². The molecule has 4 fully saturated rings. The number of carbonyl (C=O) groups excluding carboxylic acids is 2. The molecule has 2 atom stereocenters. The molecule has 4 aliphatic rings. The molecule has 0 heterocycles. The average molecular weight is 384 g/mol. The minimum absolute atomic E-state index is 0.0908. The first-order valence-electron chi connectivity index (χ1n) is 10.1. The minimum Gasteiger partial charge on any atom is -0.390 e. The molecule has 0 aliphatic heterocycles. The van der Waals surface area contributed by atoms with Crippen LogP contribution in [0.1, 0.15) is 49.7 Å². The summed E-state index contributed by atoms with van der Waals surface area (Å²) < 4.78 is 0. The molecule has 0 radical (unpaired) electrons. The maximum atomic E-state index is 12.5. The minimum atomic E-state index is -0.576. The second kappa shape index (κ2) is 7.68. The molecule has 4 saturated carbocycles. The molecule has 5 rings (SSSR count). The molecule has 4 N–H and O–H groups in total. The second-order valence-corrected chi connectivity index (χ2v) is 8.89. The average Bonchev–Trinajstić information content (AvgIpc) is 2.66. The first kappa shape index (κ1) is 19.2. The van der Waals surface area contributed by atoms with Gasteiger partial charge in [-0.25, -0.2) is 5.48 Å². The second-order valence-electron chi connectivity index (χ2n) is 8.89. The van der Waals surface area contributed by atoms with Crippen LogP contribution < -0.4 is 10.8 Å². The van der Waals surface area contributed by atoms with Crippen LogP contribution in [0.25, 0.3) is 6.08 Å². The lowest BCUT2D eigenvalue weighted by Gasteiger charge is -2.58. The van der Waals surface area contributed by atoms with Crippen molar-refractivity contribution in [3.05, 3.63) is 41.5 Å². The van der Waals surface area contributed by atoms with Crippen LogP contribution in [0.3, 0.4) is 0 Å². The third-order valence-corrected chi connectivity index (χ3v) is 6.86. The van der Waals surface area contributed by atoms with Crippen molar-refractivity contribution >= 4 is 17.9 Å². The number of hydroxylamine groups is 1. The zero-order chi connectivity index (χ0) is 19.7. The quantitative estimate of drug-likeness (QED) is 0.344. The van der Waals surface area contributed by atoms with E-state index in [2.05, 4.69) is 5.32 Å². The predicted molar refractivity (Wildman–Crippen MR) is 104 cm³/mol. The van der Waals surface area contributed by atoms with Crippen LogP contribution in [0.5, 0.6) is 0 Å². The van der Waals surface area contributed by atoms with Gasteiger partial charge in [-0.05, 0) is 73.0 Å². The molecule has 1 aromatic rings. The summed E-state index contributed by atoms with van der Waals surface area (Å²) in [6.45, 7) is 0.481. The number of hydrogen-bond donors (Lipinski definition) is 4. The van der Waals surface area contributed by atoms with Crippen molar-refractivity contribution in [2.75, 3.05) is 0 Å². The molecular weight excluding hydrogens is 356 g/mol. The fourth-order valence-electron chi connectivity index (χ4n) is 5.86. The number of aliphatic hydroxyl groups is 1. The normalized spacial score (nSPS) is 33.2. The van der Waals surface area contributed by atoms with Crippen molar-refractivity contribution in [3.8, 4) is 0 Å². The summed E-state index contributed by atoms with van der Waals surface area (Å²) in [4.78, 5) is 23.5. The Kier molecular flexibility index (Phi) is 5.25. The van der Waals surface area contributed by atoms with Gasteiger partial charge in [0.15, 0.2) is 0 Å². The Morgan fingerprint density at radius 3 is 2.39 bits per heavy atom. The van der Waals surface area contributed by atoms with Gasteiger partial charge in [0, 0.05) is 19.0 Å². The Morgan fingerprint density at radius 1 is 1.11 bits per heavy atom. The summed E-state index contributed by atoms with van der Waals surface area (Å²) in [6.07, 6.45) is 8.50. The van der Waals surface area contributed by atoms with E-state index in [9.17, 15) is 14.7 Å². The van der Waals surface area contributed by atoms with Gasteiger partial charge in [0.05, 0.1) is 5.60 Å². The smallest absolute Gasteiger partial charge is 0.267 e. The summed E-state index contributed by atoms with van der Waals surface area (Å²) in [7, 11) is 0. The number of benzene rings is 1. The summed E-state index contributed by atoms with van der Waals surface area (Å²) >= 11 is 0. The molecule has 6 nitrogen and oxygen atoms in total. The third kappa shape index (κ3) is 4.13. The molecule has 1 aromatic carbocycles. The highest BCUT2D eigenvalue weighted by Crippen LogP contribution is 2.58. The molecule has 2 amide bonds. The van der Waals surface area contributed by atoms with Gasteiger partial charge in [0.2, 0.25) is 5.91 Å². The molecule has 150 valence electrons. The molecule has 0 spiro atoms. The van der Waals surface area contributed by atoms with Gasteiger partial charge < -0.3 is 10.4 Å². The van der Waals surface area contributed by atoms with Gasteiger partial charge in [0.1, 0.15) is 0 Å². The maximum absolute atomic E-state index is 12.5. The van der Waals surface area contributed by atoms with Gasteiger partial charge in [-0.3, -0.25) is 14.8 Å². The first-order valence-corrected chi connectivity index (χ1v) is 10.1. The zero-order valence-electron chi connectivity index (χ0n) is 15.9. The van der Waals surface area contributed by atoms with E-state index in [0.717, 1.165) is 30.4 Å². The van der Waals surface area contributed by atoms with E-state index < -0.39 is 11.5 Å².